The van der Waals surface area contributed by atoms with Crippen molar-refractivity contribution in [3.05, 3.63) is 47.8 Å². The maximum atomic E-state index is 5.74. The number of benzene rings is 1. The van der Waals surface area contributed by atoms with Gasteiger partial charge in [-0.05, 0) is 50.6 Å². The molecule has 4 heteroatoms. The molecule has 2 aromatic heterocycles. The first-order chi connectivity index (χ1) is 10.1. The molecule has 0 aliphatic rings. The number of hydrogen-bond acceptors (Lipinski definition) is 3. The topological polar surface area (TPSA) is 56.7 Å². The predicted molar refractivity (Wildman–Crippen MR) is 86.0 cm³/mol. The van der Waals surface area contributed by atoms with Crippen LogP contribution in [0.25, 0.3) is 22.4 Å². The van der Waals surface area contributed by atoms with Crippen LogP contribution in [0, 0.1) is 6.92 Å². The third-order valence-electron chi connectivity index (χ3n) is 3.75. The van der Waals surface area contributed by atoms with E-state index in [1.165, 1.54) is 0 Å². The van der Waals surface area contributed by atoms with E-state index in [0.717, 1.165) is 33.7 Å². The largest absolute Gasteiger partial charge is 0.326 e. The molecular weight excluding hydrogens is 260 g/mol. The first kappa shape index (κ1) is 13.8. The molecule has 0 saturated heterocycles. The Hall–Kier alpha value is -2.20. The van der Waals surface area contributed by atoms with Gasteiger partial charge >= 0.3 is 0 Å². The van der Waals surface area contributed by atoms with Gasteiger partial charge in [-0.15, -0.1) is 0 Å². The second kappa shape index (κ2) is 5.30. The molecule has 3 rings (SSSR count). The lowest BCUT2D eigenvalue weighted by Crippen LogP contribution is -2.04. The molecule has 4 nitrogen and oxygen atoms in total. The van der Waals surface area contributed by atoms with Crippen LogP contribution in [0.2, 0.25) is 0 Å². The SMILES string of the molecule is Cc1ncccc1-c1nc2cc(CN)ccc2n1C(C)C. The number of aryl methyl sites for hydroxylation is 1. The number of rotatable bonds is 3. The lowest BCUT2D eigenvalue weighted by atomic mass is 10.2. The zero-order chi connectivity index (χ0) is 15.0. The highest BCUT2D eigenvalue weighted by molar-refractivity contribution is 5.82. The third-order valence-corrected chi connectivity index (χ3v) is 3.75. The maximum absolute atomic E-state index is 5.74. The molecule has 0 radical (unpaired) electrons. The molecule has 0 aliphatic heterocycles. The van der Waals surface area contributed by atoms with Crippen molar-refractivity contribution in [1.82, 2.24) is 14.5 Å². The molecule has 0 bridgehead atoms. The minimum atomic E-state index is 0.327. The average Bonchev–Trinajstić information content (AvgIpc) is 2.85. The number of pyridine rings is 1. The Bertz CT molecular complexity index is 787. The molecule has 21 heavy (non-hydrogen) atoms. The fourth-order valence-corrected chi connectivity index (χ4v) is 2.70. The van der Waals surface area contributed by atoms with Crippen LogP contribution < -0.4 is 5.73 Å². The minimum absolute atomic E-state index is 0.327. The number of imidazole rings is 1. The van der Waals surface area contributed by atoms with Gasteiger partial charge in [0.1, 0.15) is 5.82 Å². The first-order valence-electron chi connectivity index (χ1n) is 7.24. The fourth-order valence-electron chi connectivity index (χ4n) is 2.70. The molecule has 0 aliphatic carbocycles. The van der Waals surface area contributed by atoms with E-state index in [9.17, 15) is 0 Å². The lowest BCUT2D eigenvalue weighted by molar-refractivity contribution is 0.624. The highest BCUT2D eigenvalue weighted by Gasteiger charge is 2.16. The number of nitrogens with two attached hydrogens (primary N) is 1. The van der Waals surface area contributed by atoms with Crippen molar-refractivity contribution in [1.29, 1.82) is 0 Å². The van der Waals surface area contributed by atoms with E-state index in [-0.39, 0.29) is 0 Å². The summed E-state index contributed by atoms with van der Waals surface area (Å²) in [6.45, 7) is 6.90. The number of hydrogen-bond donors (Lipinski definition) is 1. The van der Waals surface area contributed by atoms with Crippen LogP contribution in [0.3, 0.4) is 0 Å². The van der Waals surface area contributed by atoms with E-state index < -0.39 is 0 Å². The second-order valence-corrected chi connectivity index (χ2v) is 5.56. The van der Waals surface area contributed by atoms with Crippen molar-refractivity contribution >= 4 is 11.0 Å². The molecule has 0 spiro atoms. The van der Waals surface area contributed by atoms with Crippen molar-refractivity contribution in [2.45, 2.75) is 33.4 Å². The molecule has 2 N–H and O–H groups in total. The van der Waals surface area contributed by atoms with Crippen LogP contribution in [0.15, 0.2) is 36.5 Å². The smallest absolute Gasteiger partial charge is 0.143 e. The molecular formula is C17H20N4. The van der Waals surface area contributed by atoms with Gasteiger partial charge in [-0.25, -0.2) is 4.98 Å². The summed E-state index contributed by atoms with van der Waals surface area (Å²) in [6.07, 6.45) is 1.81. The van der Waals surface area contributed by atoms with E-state index in [0.29, 0.717) is 12.6 Å². The summed E-state index contributed by atoms with van der Waals surface area (Å²) in [5.41, 5.74) is 11.0. The summed E-state index contributed by atoms with van der Waals surface area (Å²) in [4.78, 5) is 9.23. The lowest BCUT2D eigenvalue weighted by Gasteiger charge is -2.14. The van der Waals surface area contributed by atoms with E-state index in [2.05, 4.69) is 47.7 Å². The average molecular weight is 280 g/mol. The van der Waals surface area contributed by atoms with Gasteiger partial charge in [-0.2, -0.15) is 0 Å². The summed E-state index contributed by atoms with van der Waals surface area (Å²) in [5, 5.41) is 0. The van der Waals surface area contributed by atoms with Gasteiger partial charge < -0.3 is 10.3 Å². The van der Waals surface area contributed by atoms with Gasteiger partial charge in [0.05, 0.1) is 11.0 Å². The molecule has 0 atom stereocenters. The van der Waals surface area contributed by atoms with E-state index in [4.69, 9.17) is 10.7 Å². The number of fused-ring (bicyclic) bond motifs is 1. The number of nitrogens with zero attached hydrogens (tertiary/aromatic N) is 3. The Labute approximate surface area is 124 Å². The van der Waals surface area contributed by atoms with Gasteiger partial charge in [0.2, 0.25) is 0 Å². The first-order valence-corrected chi connectivity index (χ1v) is 7.24. The highest BCUT2D eigenvalue weighted by atomic mass is 15.1. The monoisotopic (exact) mass is 280 g/mol. The van der Waals surface area contributed by atoms with Crippen molar-refractivity contribution in [2.24, 2.45) is 5.73 Å². The normalized spacial score (nSPS) is 11.5. The van der Waals surface area contributed by atoms with E-state index in [1.807, 2.05) is 19.2 Å². The van der Waals surface area contributed by atoms with Crippen LogP contribution in [0.4, 0.5) is 0 Å². The van der Waals surface area contributed by atoms with E-state index >= 15 is 0 Å². The van der Waals surface area contributed by atoms with Crippen molar-refractivity contribution in [2.75, 3.05) is 0 Å². The van der Waals surface area contributed by atoms with Gasteiger partial charge in [-0.3, -0.25) is 4.98 Å². The van der Waals surface area contributed by atoms with Gasteiger partial charge in [0.25, 0.3) is 0 Å². The second-order valence-electron chi connectivity index (χ2n) is 5.56. The Morgan fingerprint density at radius 1 is 1.24 bits per heavy atom. The van der Waals surface area contributed by atoms with Crippen molar-refractivity contribution < 1.29 is 0 Å². The van der Waals surface area contributed by atoms with Gasteiger partial charge in [-0.1, -0.05) is 6.07 Å². The Balaban J connectivity index is 2.31. The molecule has 3 aromatic rings. The molecule has 0 amide bonds. The third kappa shape index (κ3) is 2.32. The molecule has 0 unspecified atom stereocenters. The molecule has 108 valence electrons. The summed E-state index contributed by atoms with van der Waals surface area (Å²) in [7, 11) is 0. The predicted octanol–water partition coefficient (Wildman–Crippen LogP) is 3.45. The number of aromatic nitrogens is 3. The summed E-state index contributed by atoms with van der Waals surface area (Å²) >= 11 is 0. The van der Waals surface area contributed by atoms with Crippen LogP contribution in [0.1, 0.15) is 31.1 Å². The van der Waals surface area contributed by atoms with Crippen LogP contribution in [0.5, 0.6) is 0 Å². The maximum Gasteiger partial charge on any atom is 0.143 e. The Morgan fingerprint density at radius 3 is 2.71 bits per heavy atom. The minimum Gasteiger partial charge on any atom is -0.326 e. The Morgan fingerprint density at radius 2 is 2.05 bits per heavy atom. The quantitative estimate of drug-likeness (QED) is 0.799. The summed E-state index contributed by atoms with van der Waals surface area (Å²) < 4.78 is 2.26. The Kier molecular flexibility index (Phi) is 3.47. The molecule has 1 aromatic carbocycles. The van der Waals surface area contributed by atoms with Crippen molar-refractivity contribution in [3.63, 3.8) is 0 Å². The van der Waals surface area contributed by atoms with Gasteiger partial charge in [0.15, 0.2) is 0 Å². The zero-order valence-corrected chi connectivity index (χ0v) is 12.7. The van der Waals surface area contributed by atoms with E-state index in [1.54, 1.807) is 0 Å². The van der Waals surface area contributed by atoms with Gasteiger partial charge in [0, 0.05) is 30.0 Å². The molecule has 2 heterocycles. The standard InChI is InChI=1S/C17H20N4/c1-11(2)21-16-7-6-13(10-18)9-15(16)20-17(21)14-5-4-8-19-12(14)3/h4-9,11H,10,18H2,1-3H3. The summed E-state index contributed by atoms with van der Waals surface area (Å²) in [6, 6.07) is 10.6. The van der Waals surface area contributed by atoms with Crippen LogP contribution in [-0.4, -0.2) is 14.5 Å². The van der Waals surface area contributed by atoms with Crippen LogP contribution >= 0.6 is 0 Å². The van der Waals surface area contributed by atoms with Crippen LogP contribution in [-0.2, 0) is 6.54 Å². The van der Waals surface area contributed by atoms with Crippen molar-refractivity contribution in [3.8, 4) is 11.4 Å². The summed E-state index contributed by atoms with van der Waals surface area (Å²) in [5.74, 6) is 0.972. The highest BCUT2D eigenvalue weighted by Crippen LogP contribution is 2.29. The molecule has 0 saturated carbocycles. The fraction of sp³-hybridized carbons (Fsp3) is 0.294. The molecule has 0 fully saturated rings. The zero-order valence-electron chi connectivity index (χ0n) is 12.7.